The van der Waals surface area contributed by atoms with E-state index in [0.29, 0.717) is 6.42 Å². The predicted molar refractivity (Wildman–Crippen MR) is 52.9 cm³/mol. The van der Waals surface area contributed by atoms with E-state index in [0.717, 1.165) is 25.9 Å². The van der Waals surface area contributed by atoms with Gasteiger partial charge in [-0.3, -0.25) is 4.79 Å². The van der Waals surface area contributed by atoms with Crippen LogP contribution in [0.15, 0.2) is 0 Å². The minimum atomic E-state index is -0.146. The van der Waals surface area contributed by atoms with Crippen LogP contribution < -0.4 is 5.32 Å². The molecule has 2 unspecified atom stereocenters. The van der Waals surface area contributed by atoms with Crippen LogP contribution in [0.3, 0.4) is 0 Å². The lowest BCUT2D eigenvalue weighted by atomic mass is 10.1. The molecule has 0 spiro atoms. The maximum Gasteiger partial charge on any atom is 0.220 e. The highest BCUT2D eigenvalue weighted by Crippen LogP contribution is 2.16. The number of carbonyl (C=O) groups is 1. The summed E-state index contributed by atoms with van der Waals surface area (Å²) in [5.41, 5.74) is 0. The second kappa shape index (κ2) is 5.98. The van der Waals surface area contributed by atoms with E-state index < -0.39 is 0 Å². The molecule has 0 aromatic heterocycles. The first-order valence-corrected chi connectivity index (χ1v) is 5.24. The lowest BCUT2D eigenvalue weighted by Gasteiger charge is -2.12. The number of aliphatic hydroxyl groups excluding tert-OH is 1. The summed E-state index contributed by atoms with van der Waals surface area (Å²) in [6.45, 7) is 2.61. The van der Waals surface area contributed by atoms with E-state index in [1.54, 1.807) is 6.92 Å². The Bertz CT molecular complexity index is 178. The lowest BCUT2D eigenvalue weighted by Crippen LogP contribution is -2.35. The van der Waals surface area contributed by atoms with Gasteiger partial charge < -0.3 is 15.2 Å². The van der Waals surface area contributed by atoms with Crippen LogP contribution in [0.1, 0.15) is 32.6 Å². The number of hydrogen-bond acceptors (Lipinski definition) is 3. The Morgan fingerprint density at radius 3 is 3.07 bits per heavy atom. The second-order valence-corrected chi connectivity index (χ2v) is 3.82. The smallest absolute Gasteiger partial charge is 0.220 e. The number of nitrogens with one attached hydrogen (secondary N) is 1. The second-order valence-electron chi connectivity index (χ2n) is 3.82. The quantitative estimate of drug-likeness (QED) is 0.678. The van der Waals surface area contributed by atoms with Gasteiger partial charge in [-0.25, -0.2) is 0 Å². The van der Waals surface area contributed by atoms with E-state index in [1.165, 1.54) is 0 Å². The van der Waals surface area contributed by atoms with E-state index in [9.17, 15) is 4.79 Å². The molecular weight excluding hydrogens is 182 g/mol. The summed E-state index contributed by atoms with van der Waals surface area (Å²) in [6, 6.07) is -0.146. The third kappa shape index (κ3) is 4.07. The van der Waals surface area contributed by atoms with Gasteiger partial charge in [-0.05, 0) is 26.2 Å². The maximum atomic E-state index is 11.3. The number of amides is 1. The molecule has 0 aliphatic carbocycles. The molecule has 82 valence electrons. The highest BCUT2D eigenvalue weighted by atomic mass is 16.5. The molecule has 1 rings (SSSR count). The summed E-state index contributed by atoms with van der Waals surface area (Å²) in [6.07, 6.45) is 3.74. The molecule has 0 radical (unpaired) electrons. The topological polar surface area (TPSA) is 58.6 Å². The summed E-state index contributed by atoms with van der Waals surface area (Å²) >= 11 is 0. The minimum Gasteiger partial charge on any atom is -0.394 e. The lowest BCUT2D eigenvalue weighted by molar-refractivity contribution is -0.122. The molecule has 4 nitrogen and oxygen atoms in total. The van der Waals surface area contributed by atoms with Gasteiger partial charge in [0.1, 0.15) is 0 Å². The van der Waals surface area contributed by atoms with E-state index >= 15 is 0 Å². The Morgan fingerprint density at radius 2 is 2.50 bits per heavy atom. The molecule has 1 aliphatic rings. The maximum absolute atomic E-state index is 11.3. The Hall–Kier alpha value is -0.610. The average Bonchev–Trinajstić information content (AvgIpc) is 2.67. The van der Waals surface area contributed by atoms with Crippen molar-refractivity contribution < 1.29 is 14.6 Å². The van der Waals surface area contributed by atoms with Crippen LogP contribution in [0.5, 0.6) is 0 Å². The molecule has 4 heteroatoms. The third-order valence-corrected chi connectivity index (χ3v) is 2.40. The van der Waals surface area contributed by atoms with Crippen molar-refractivity contribution in [3.63, 3.8) is 0 Å². The van der Waals surface area contributed by atoms with Crippen molar-refractivity contribution in [3.05, 3.63) is 0 Å². The molecule has 2 N–H and O–H groups in total. The first-order chi connectivity index (χ1) is 6.72. The molecular formula is C10H19NO3. The third-order valence-electron chi connectivity index (χ3n) is 2.40. The monoisotopic (exact) mass is 201 g/mol. The number of aliphatic hydroxyl groups is 1. The summed E-state index contributed by atoms with van der Waals surface area (Å²) in [7, 11) is 0. The van der Waals surface area contributed by atoms with Crippen LogP contribution in [0.2, 0.25) is 0 Å². The molecule has 1 aliphatic heterocycles. The molecule has 0 bridgehead atoms. The largest absolute Gasteiger partial charge is 0.394 e. The van der Waals surface area contributed by atoms with Gasteiger partial charge in [0.05, 0.1) is 12.7 Å². The van der Waals surface area contributed by atoms with Crippen LogP contribution in [0, 0.1) is 0 Å². The van der Waals surface area contributed by atoms with E-state index in [4.69, 9.17) is 9.84 Å². The normalized spacial score (nSPS) is 23.4. The highest BCUT2D eigenvalue weighted by Gasteiger charge is 2.16. The zero-order chi connectivity index (χ0) is 10.4. The van der Waals surface area contributed by atoms with Gasteiger partial charge in [0.25, 0.3) is 0 Å². The van der Waals surface area contributed by atoms with E-state index in [1.807, 2.05) is 0 Å². The van der Waals surface area contributed by atoms with Gasteiger partial charge in [-0.1, -0.05) is 0 Å². The SMILES string of the molecule is CC(CO)NC(=O)CCC1CCCO1. The van der Waals surface area contributed by atoms with Crippen molar-refractivity contribution >= 4 is 5.91 Å². The number of carbonyl (C=O) groups excluding carboxylic acids is 1. The molecule has 0 saturated carbocycles. The Labute approximate surface area is 84.6 Å². The first kappa shape index (κ1) is 11.5. The summed E-state index contributed by atoms with van der Waals surface area (Å²) in [5, 5.41) is 11.4. The van der Waals surface area contributed by atoms with Gasteiger partial charge in [0.15, 0.2) is 0 Å². The molecule has 0 aromatic carbocycles. The standard InChI is InChI=1S/C10H19NO3/c1-8(7-12)11-10(13)5-4-9-3-2-6-14-9/h8-9,12H,2-7H2,1H3,(H,11,13). The van der Waals surface area contributed by atoms with Crippen LogP contribution in [-0.2, 0) is 9.53 Å². The zero-order valence-corrected chi connectivity index (χ0v) is 8.66. The van der Waals surface area contributed by atoms with Crippen molar-refractivity contribution in [2.75, 3.05) is 13.2 Å². The fourth-order valence-corrected chi connectivity index (χ4v) is 1.56. The van der Waals surface area contributed by atoms with Crippen molar-refractivity contribution in [1.82, 2.24) is 5.32 Å². The summed E-state index contributed by atoms with van der Waals surface area (Å²) in [4.78, 5) is 11.3. The van der Waals surface area contributed by atoms with Gasteiger partial charge in [0.2, 0.25) is 5.91 Å². The number of rotatable bonds is 5. The van der Waals surface area contributed by atoms with E-state index in [-0.39, 0.29) is 24.7 Å². The Kier molecular flexibility index (Phi) is 4.90. The molecule has 0 aromatic rings. The molecule has 2 atom stereocenters. The molecule has 1 saturated heterocycles. The Morgan fingerprint density at radius 1 is 1.71 bits per heavy atom. The molecule has 14 heavy (non-hydrogen) atoms. The number of ether oxygens (including phenoxy) is 1. The van der Waals surface area contributed by atoms with Gasteiger partial charge >= 0.3 is 0 Å². The summed E-state index contributed by atoms with van der Waals surface area (Å²) in [5.74, 6) is 0.00190. The fourth-order valence-electron chi connectivity index (χ4n) is 1.56. The average molecular weight is 201 g/mol. The van der Waals surface area contributed by atoms with Crippen LogP contribution in [0.25, 0.3) is 0 Å². The molecule has 1 fully saturated rings. The number of hydrogen-bond donors (Lipinski definition) is 2. The van der Waals surface area contributed by atoms with Crippen molar-refractivity contribution in [3.8, 4) is 0 Å². The van der Waals surface area contributed by atoms with E-state index in [2.05, 4.69) is 5.32 Å². The van der Waals surface area contributed by atoms with Gasteiger partial charge in [-0.15, -0.1) is 0 Å². The highest BCUT2D eigenvalue weighted by molar-refractivity contribution is 5.76. The van der Waals surface area contributed by atoms with Gasteiger partial charge in [-0.2, -0.15) is 0 Å². The van der Waals surface area contributed by atoms with Gasteiger partial charge in [0, 0.05) is 19.1 Å². The van der Waals surface area contributed by atoms with Crippen LogP contribution in [-0.4, -0.2) is 36.4 Å². The minimum absolute atomic E-state index is 0.00190. The fraction of sp³-hybridized carbons (Fsp3) is 0.900. The molecule has 1 amide bonds. The van der Waals surface area contributed by atoms with Crippen LogP contribution >= 0.6 is 0 Å². The van der Waals surface area contributed by atoms with Crippen molar-refractivity contribution in [2.45, 2.75) is 44.8 Å². The zero-order valence-electron chi connectivity index (χ0n) is 8.66. The summed E-state index contributed by atoms with van der Waals surface area (Å²) < 4.78 is 5.41. The van der Waals surface area contributed by atoms with Crippen molar-refractivity contribution in [1.29, 1.82) is 0 Å². The predicted octanol–water partition coefficient (Wildman–Crippen LogP) is 0.443. The first-order valence-electron chi connectivity index (χ1n) is 5.24. The molecule has 1 heterocycles. The Balaban J connectivity index is 2.08. The van der Waals surface area contributed by atoms with Crippen LogP contribution in [0.4, 0.5) is 0 Å². The van der Waals surface area contributed by atoms with Crippen molar-refractivity contribution in [2.24, 2.45) is 0 Å².